The lowest BCUT2D eigenvalue weighted by Gasteiger charge is -2.06. The minimum atomic E-state index is -0.825. The van der Waals surface area contributed by atoms with Gasteiger partial charge in [0.15, 0.2) is 0 Å². The number of carbonyl (C=O) groups is 1. The summed E-state index contributed by atoms with van der Waals surface area (Å²) in [7, 11) is 0. The molecule has 0 spiro atoms. The second-order valence-electron chi connectivity index (χ2n) is 2.03. The molecule has 0 aliphatic rings. The summed E-state index contributed by atoms with van der Waals surface area (Å²) >= 11 is 3.14. The second-order valence-corrected chi connectivity index (χ2v) is 2.82. The van der Waals surface area contributed by atoms with Gasteiger partial charge in [-0.1, -0.05) is 15.9 Å². The summed E-state index contributed by atoms with van der Waals surface area (Å²) in [6, 6.07) is 0. The molecule has 0 fully saturated rings. The number of halogens is 1. The van der Waals surface area contributed by atoms with E-state index in [1.165, 1.54) is 0 Å². The molecule has 0 radical (unpaired) electrons. The number of hydrogen-bond acceptors (Lipinski definition) is 2. The Morgan fingerprint density at radius 2 is 2.10 bits per heavy atom. The molecule has 10 heavy (non-hydrogen) atoms. The van der Waals surface area contributed by atoms with Crippen LogP contribution in [0.15, 0.2) is 0 Å². The molecule has 0 aliphatic carbocycles. The monoisotopic (exact) mass is 210 g/mol. The summed E-state index contributed by atoms with van der Waals surface area (Å²) in [5, 5.41) is 17.6. The van der Waals surface area contributed by atoms with E-state index in [2.05, 4.69) is 15.9 Å². The number of aliphatic hydroxyl groups is 1. The lowest BCUT2D eigenvalue weighted by molar-refractivity contribution is -0.142. The lowest BCUT2D eigenvalue weighted by Crippen LogP contribution is -2.15. The maximum Gasteiger partial charge on any atom is 0.306 e. The topological polar surface area (TPSA) is 57.5 Å². The molecule has 0 aliphatic heterocycles. The van der Waals surface area contributed by atoms with Crippen LogP contribution in [-0.4, -0.2) is 28.1 Å². The average Bonchev–Trinajstić information content (AvgIpc) is 1.87. The van der Waals surface area contributed by atoms with Crippen molar-refractivity contribution in [3.8, 4) is 0 Å². The quantitative estimate of drug-likeness (QED) is 0.663. The first kappa shape index (κ1) is 9.91. The SMILES string of the molecule is O=C(O)C(CCO)CCBr. The third kappa shape index (κ3) is 3.85. The highest BCUT2D eigenvalue weighted by Gasteiger charge is 2.14. The number of carboxylic acid groups (broad SMARTS) is 1. The van der Waals surface area contributed by atoms with Gasteiger partial charge >= 0.3 is 5.97 Å². The molecule has 0 saturated heterocycles. The van der Waals surface area contributed by atoms with E-state index >= 15 is 0 Å². The van der Waals surface area contributed by atoms with Gasteiger partial charge in [0.1, 0.15) is 0 Å². The molecule has 60 valence electrons. The first-order valence-electron chi connectivity index (χ1n) is 3.12. The van der Waals surface area contributed by atoms with Crippen LogP contribution in [0.2, 0.25) is 0 Å². The van der Waals surface area contributed by atoms with E-state index in [4.69, 9.17) is 10.2 Å². The highest BCUT2D eigenvalue weighted by molar-refractivity contribution is 9.09. The Labute approximate surface area is 68.2 Å². The van der Waals surface area contributed by atoms with Gasteiger partial charge in [0.05, 0.1) is 5.92 Å². The number of aliphatic hydroxyl groups excluding tert-OH is 1. The third-order valence-electron chi connectivity index (χ3n) is 1.28. The van der Waals surface area contributed by atoms with Crippen LogP contribution in [0.1, 0.15) is 12.8 Å². The Bertz CT molecular complexity index is 99.2. The fourth-order valence-electron chi connectivity index (χ4n) is 0.679. The van der Waals surface area contributed by atoms with Gasteiger partial charge in [0.25, 0.3) is 0 Å². The first-order chi connectivity index (χ1) is 4.72. The fourth-order valence-corrected chi connectivity index (χ4v) is 1.23. The summed E-state index contributed by atoms with van der Waals surface area (Å²) in [5.74, 6) is -1.22. The van der Waals surface area contributed by atoms with Crippen LogP contribution in [0.5, 0.6) is 0 Å². The smallest absolute Gasteiger partial charge is 0.306 e. The number of alkyl halides is 1. The molecule has 1 unspecified atom stereocenters. The van der Waals surface area contributed by atoms with E-state index in [1.54, 1.807) is 0 Å². The predicted octanol–water partition coefficient (Wildman–Crippen LogP) is 0.855. The van der Waals surface area contributed by atoms with Crippen LogP contribution in [0.4, 0.5) is 0 Å². The van der Waals surface area contributed by atoms with Crippen molar-refractivity contribution in [3.05, 3.63) is 0 Å². The average molecular weight is 211 g/mol. The van der Waals surface area contributed by atoms with Crippen LogP contribution in [-0.2, 0) is 4.79 Å². The molecule has 0 aromatic rings. The van der Waals surface area contributed by atoms with Crippen LogP contribution >= 0.6 is 15.9 Å². The van der Waals surface area contributed by atoms with Crippen molar-refractivity contribution < 1.29 is 15.0 Å². The van der Waals surface area contributed by atoms with Gasteiger partial charge in [-0.15, -0.1) is 0 Å². The zero-order valence-corrected chi connectivity index (χ0v) is 7.17. The zero-order valence-electron chi connectivity index (χ0n) is 5.59. The molecule has 0 bridgehead atoms. The summed E-state index contributed by atoms with van der Waals surface area (Å²) in [6.45, 7) is -0.0516. The van der Waals surface area contributed by atoms with Crippen molar-refractivity contribution in [2.75, 3.05) is 11.9 Å². The molecule has 3 nitrogen and oxygen atoms in total. The molecule has 0 aromatic carbocycles. The molecule has 0 amide bonds. The number of aliphatic carboxylic acids is 1. The molecule has 0 aromatic heterocycles. The maximum atomic E-state index is 10.3. The van der Waals surface area contributed by atoms with Gasteiger partial charge < -0.3 is 10.2 Å². The van der Waals surface area contributed by atoms with Crippen molar-refractivity contribution in [3.63, 3.8) is 0 Å². The van der Waals surface area contributed by atoms with Crippen LogP contribution in [0.25, 0.3) is 0 Å². The van der Waals surface area contributed by atoms with E-state index in [1.807, 2.05) is 0 Å². The highest BCUT2D eigenvalue weighted by atomic mass is 79.9. The van der Waals surface area contributed by atoms with Gasteiger partial charge in [-0.25, -0.2) is 0 Å². The van der Waals surface area contributed by atoms with E-state index in [-0.39, 0.29) is 6.61 Å². The predicted molar refractivity (Wildman–Crippen MR) is 41.2 cm³/mol. The Morgan fingerprint density at radius 1 is 1.50 bits per heavy atom. The molecular formula is C6H11BrO3. The summed E-state index contributed by atoms with van der Waals surface area (Å²) < 4.78 is 0. The first-order valence-corrected chi connectivity index (χ1v) is 4.24. The second kappa shape index (κ2) is 5.68. The Kier molecular flexibility index (Phi) is 5.63. The molecule has 2 N–H and O–H groups in total. The lowest BCUT2D eigenvalue weighted by atomic mass is 10.0. The number of hydrogen-bond donors (Lipinski definition) is 2. The molecule has 0 heterocycles. The van der Waals surface area contributed by atoms with Gasteiger partial charge in [0, 0.05) is 11.9 Å². The van der Waals surface area contributed by atoms with Crippen molar-refractivity contribution >= 4 is 21.9 Å². The van der Waals surface area contributed by atoms with Gasteiger partial charge in [-0.2, -0.15) is 0 Å². The minimum absolute atomic E-state index is 0.0516. The summed E-state index contributed by atoms with van der Waals surface area (Å²) in [5.41, 5.74) is 0. The van der Waals surface area contributed by atoms with E-state index in [0.717, 1.165) is 0 Å². The van der Waals surface area contributed by atoms with Gasteiger partial charge in [0.2, 0.25) is 0 Å². The highest BCUT2D eigenvalue weighted by Crippen LogP contribution is 2.09. The Balaban J connectivity index is 3.61. The van der Waals surface area contributed by atoms with Crippen LogP contribution < -0.4 is 0 Å². The van der Waals surface area contributed by atoms with Crippen molar-refractivity contribution in [1.82, 2.24) is 0 Å². The third-order valence-corrected chi connectivity index (χ3v) is 1.74. The molecule has 1 atom stereocenters. The summed E-state index contributed by atoms with van der Waals surface area (Å²) in [4.78, 5) is 10.3. The van der Waals surface area contributed by atoms with Crippen molar-refractivity contribution in [2.24, 2.45) is 5.92 Å². The van der Waals surface area contributed by atoms with E-state index in [9.17, 15) is 4.79 Å². The van der Waals surface area contributed by atoms with Crippen molar-refractivity contribution in [1.29, 1.82) is 0 Å². The molecule has 4 heteroatoms. The largest absolute Gasteiger partial charge is 0.481 e. The van der Waals surface area contributed by atoms with E-state index < -0.39 is 11.9 Å². The Morgan fingerprint density at radius 3 is 2.40 bits per heavy atom. The number of rotatable bonds is 5. The zero-order chi connectivity index (χ0) is 7.98. The van der Waals surface area contributed by atoms with Gasteiger partial charge in [-0.3, -0.25) is 4.79 Å². The molecule has 0 rings (SSSR count). The van der Waals surface area contributed by atoms with Crippen molar-refractivity contribution in [2.45, 2.75) is 12.8 Å². The Hall–Kier alpha value is -0.0900. The van der Waals surface area contributed by atoms with Gasteiger partial charge in [-0.05, 0) is 12.8 Å². The molecular weight excluding hydrogens is 200 g/mol. The normalized spacial score (nSPS) is 13.0. The fraction of sp³-hybridized carbons (Fsp3) is 0.833. The molecule has 0 saturated carbocycles. The standard InChI is InChI=1S/C6H11BrO3/c7-3-1-5(2-4-8)6(9)10/h5,8H,1-4H2,(H,9,10). The maximum absolute atomic E-state index is 10.3. The number of carboxylic acids is 1. The minimum Gasteiger partial charge on any atom is -0.481 e. The van der Waals surface area contributed by atoms with E-state index in [0.29, 0.717) is 18.2 Å². The summed E-state index contributed by atoms with van der Waals surface area (Å²) in [6.07, 6.45) is 0.927. The van der Waals surface area contributed by atoms with Crippen LogP contribution in [0, 0.1) is 5.92 Å². The van der Waals surface area contributed by atoms with Crippen LogP contribution in [0.3, 0.4) is 0 Å².